The Morgan fingerprint density at radius 1 is 1.64 bits per heavy atom. The molecule has 1 fully saturated rings. The Labute approximate surface area is 73.5 Å². The van der Waals surface area contributed by atoms with Crippen molar-refractivity contribution in [3.8, 4) is 0 Å². The van der Waals surface area contributed by atoms with E-state index in [4.69, 9.17) is 0 Å². The second-order valence-corrected chi connectivity index (χ2v) is 4.56. The number of nitrogens with zero attached hydrogens (tertiary/aromatic N) is 1. The van der Waals surface area contributed by atoms with Crippen LogP contribution >= 0.6 is 12.8 Å². The molecule has 1 atom stereocenters. The lowest BCUT2D eigenvalue weighted by molar-refractivity contribution is -0.122. The van der Waals surface area contributed by atoms with Gasteiger partial charge in [-0.2, -0.15) is 0 Å². The van der Waals surface area contributed by atoms with Gasteiger partial charge in [-0.3, -0.25) is 9.10 Å². The minimum atomic E-state index is 0.105. The summed E-state index contributed by atoms with van der Waals surface area (Å²) in [4.78, 5) is 11.1. The molecule has 1 heterocycles. The molecule has 1 saturated heterocycles. The molecule has 0 aromatic rings. The summed E-state index contributed by atoms with van der Waals surface area (Å²) in [5.74, 6) is 0.451. The first-order chi connectivity index (χ1) is 4.93. The Hall–Kier alpha value is -0.0200. The summed E-state index contributed by atoms with van der Waals surface area (Å²) in [6.07, 6.45) is 0. The summed E-state index contributed by atoms with van der Waals surface area (Å²) < 4.78 is 1.92. The van der Waals surface area contributed by atoms with E-state index in [1.54, 1.807) is 6.92 Å². The average molecular weight is 173 g/mol. The standard InChI is InChI=1S/C8H15NOS/c1-6(10)7-4-9(11)5-8(7,2)3/h7,11H,4-5H2,1-3H3/t7-/m1/s1. The zero-order valence-corrected chi connectivity index (χ0v) is 8.19. The summed E-state index contributed by atoms with van der Waals surface area (Å²) in [6, 6.07) is 0. The molecule has 0 amide bonds. The third-order valence-electron chi connectivity index (χ3n) is 2.42. The molecule has 11 heavy (non-hydrogen) atoms. The summed E-state index contributed by atoms with van der Waals surface area (Å²) in [5.41, 5.74) is 0.105. The minimum absolute atomic E-state index is 0.105. The maximum atomic E-state index is 11.1. The highest BCUT2D eigenvalue weighted by Gasteiger charge is 2.40. The number of thiol groups is 1. The molecule has 0 bridgehead atoms. The molecule has 1 aliphatic rings. The lowest BCUT2D eigenvalue weighted by Crippen LogP contribution is -2.27. The van der Waals surface area contributed by atoms with E-state index >= 15 is 0 Å². The maximum Gasteiger partial charge on any atom is 0.134 e. The van der Waals surface area contributed by atoms with Gasteiger partial charge in [-0.15, -0.1) is 0 Å². The number of carbonyl (C=O) groups excluding carboxylic acids is 1. The van der Waals surface area contributed by atoms with E-state index in [-0.39, 0.29) is 17.1 Å². The van der Waals surface area contributed by atoms with Crippen LogP contribution in [0, 0.1) is 11.3 Å². The molecule has 64 valence electrons. The first kappa shape index (κ1) is 9.07. The van der Waals surface area contributed by atoms with E-state index in [1.807, 2.05) is 4.31 Å². The van der Waals surface area contributed by atoms with Crippen LogP contribution in [0.15, 0.2) is 0 Å². The molecular formula is C8H15NOS. The quantitative estimate of drug-likeness (QED) is 0.605. The van der Waals surface area contributed by atoms with E-state index in [9.17, 15) is 4.79 Å². The Bertz CT molecular complexity index is 179. The van der Waals surface area contributed by atoms with Crippen LogP contribution in [0.1, 0.15) is 20.8 Å². The smallest absolute Gasteiger partial charge is 0.134 e. The molecule has 0 aromatic heterocycles. The molecule has 0 aromatic carbocycles. The zero-order valence-electron chi connectivity index (χ0n) is 7.29. The van der Waals surface area contributed by atoms with Gasteiger partial charge in [0.1, 0.15) is 5.78 Å². The van der Waals surface area contributed by atoms with Crippen LogP contribution in [0.25, 0.3) is 0 Å². The molecule has 0 spiro atoms. The minimum Gasteiger partial charge on any atom is -0.300 e. The number of hydrogen-bond donors (Lipinski definition) is 1. The predicted octanol–water partition coefficient (Wildman–Crippen LogP) is 1.38. The molecule has 0 saturated carbocycles. The van der Waals surface area contributed by atoms with Crippen molar-refractivity contribution >= 4 is 18.6 Å². The van der Waals surface area contributed by atoms with E-state index < -0.39 is 0 Å². The Morgan fingerprint density at radius 2 is 2.18 bits per heavy atom. The van der Waals surface area contributed by atoms with Crippen molar-refractivity contribution in [3.05, 3.63) is 0 Å². The van der Waals surface area contributed by atoms with Gasteiger partial charge in [0.25, 0.3) is 0 Å². The highest BCUT2D eigenvalue weighted by atomic mass is 32.1. The van der Waals surface area contributed by atoms with Gasteiger partial charge >= 0.3 is 0 Å². The van der Waals surface area contributed by atoms with Crippen LogP contribution in [-0.2, 0) is 4.79 Å². The third-order valence-corrected chi connectivity index (χ3v) is 2.72. The van der Waals surface area contributed by atoms with Gasteiger partial charge in [0.2, 0.25) is 0 Å². The third kappa shape index (κ3) is 1.76. The molecule has 0 radical (unpaired) electrons. The van der Waals surface area contributed by atoms with Crippen LogP contribution in [0.2, 0.25) is 0 Å². The fourth-order valence-electron chi connectivity index (χ4n) is 1.78. The normalized spacial score (nSPS) is 30.7. The number of ketones is 1. The van der Waals surface area contributed by atoms with Crippen molar-refractivity contribution < 1.29 is 4.79 Å². The number of Topliss-reactive ketones (excluding diaryl/α,β-unsaturated/α-hetero) is 1. The molecule has 0 N–H and O–H groups in total. The lowest BCUT2D eigenvalue weighted by atomic mass is 9.80. The molecule has 0 aliphatic carbocycles. The van der Waals surface area contributed by atoms with Crippen molar-refractivity contribution in [1.29, 1.82) is 0 Å². The summed E-state index contributed by atoms with van der Waals surface area (Å²) >= 11 is 4.24. The average Bonchev–Trinajstić information content (AvgIpc) is 2.04. The fraction of sp³-hybridized carbons (Fsp3) is 0.875. The van der Waals surface area contributed by atoms with Gasteiger partial charge in [0, 0.05) is 19.0 Å². The van der Waals surface area contributed by atoms with E-state index in [2.05, 4.69) is 26.7 Å². The van der Waals surface area contributed by atoms with Gasteiger partial charge < -0.3 is 0 Å². The number of carbonyl (C=O) groups is 1. The topological polar surface area (TPSA) is 20.3 Å². The summed E-state index contributed by atoms with van der Waals surface area (Å²) in [7, 11) is 0. The summed E-state index contributed by atoms with van der Waals surface area (Å²) in [6.45, 7) is 7.61. The lowest BCUT2D eigenvalue weighted by Gasteiger charge is -2.22. The van der Waals surface area contributed by atoms with Crippen molar-refractivity contribution in [2.75, 3.05) is 13.1 Å². The molecular weight excluding hydrogens is 158 g/mol. The number of hydrogen-bond acceptors (Lipinski definition) is 3. The monoisotopic (exact) mass is 173 g/mol. The maximum absolute atomic E-state index is 11.1. The zero-order chi connectivity index (χ0) is 8.65. The SMILES string of the molecule is CC(=O)[C@H]1CN(S)CC1(C)C. The van der Waals surface area contributed by atoms with E-state index in [1.165, 1.54) is 0 Å². The highest BCUT2D eigenvalue weighted by molar-refractivity contribution is 7.77. The van der Waals surface area contributed by atoms with Gasteiger partial charge in [-0.05, 0) is 12.3 Å². The van der Waals surface area contributed by atoms with Crippen LogP contribution in [-0.4, -0.2) is 23.2 Å². The van der Waals surface area contributed by atoms with Crippen molar-refractivity contribution in [2.24, 2.45) is 11.3 Å². The Kier molecular flexibility index (Phi) is 2.30. The Morgan fingerprint density at radius 3 is 2.36 bits per heavy atom. The fourth-order valence-corrected chi connectivity index (χ4v) is 2.31. The van der Waals surface area contributed by atoms with E-state index in [0.717, 1.165) is 13.1 Å². The van der Waals surface area contributed by atoms with Gasteiger partial charge in [0.05, 0.1) is 0 Å². The van der Waals surface area contributed by atoms with Gasteiger partial charge in [0.15, 0.2) is 0 Å². The van der Waals surface area contributed by atoms with Crippen LogP contribution < -0.4 is 0 Å². The van der Waals surface area contributed by atoms with Crippen LogP contribution in [0.5, 0.6) is 0 Å². The molecule has 1 rings (SSSR count). The first-order valence-electron chi connectivity index (χ1n) is 3.88. The second-order valence-electron chi connectivity index (χ2n) is 4.00. The molecule has 3 heteroatoms. The molecule has 2 nitrogen and oxygen atoms in total. The van der Waals surface area contributed by atoms with E-state index in [0.29, 0.717) is 0 Å². The predicted molar refractivity (Wildman–Crippen MR) is 48.5 cm³/mol. The van der Waals surface area contributed by atoms with Crippen molar-refractivity contribution in [2.45, 2.75) is 20.8 Å². The molecule has 0 unspecified atom stereocenters. The second kappa shape index (κ2) is 2.79. The van der Waals surface area contributed by atoms with Crippen LogP contribution in [0.3, 0.4) is 0 Å². The first-order valence-corrected chi connectivity index (χ1v) is 4.28. The Balaban J connectivity index is 2.74. The summed E-state index contributed by atoms with van der Waals surface area (Å²) in [5, 5.41) is 0. The van der Waals surface area contributed by atoms with Crippen molar-refractivity contribution in [1.82, 2.24) is 4.31 Å². The number of rotatable bonds is 1. The van der Waals surface area contributed by atoms with Crippen LogP contribution in [0.4, 0.5) is 0 Å². The highest BCUT2D eigenvalue weighted by Crippen LogP contribution is 2.36. The molecule has 1 aliphatic heterocycles. The van der Waals surface area contributed by atoms with Gasteiger partial charge in [-0.25, -0.2) is 0 Å². The van der Waals surface area contributed by atoms with Crippen molar-refractivity contribution in [3.63, 3.8) is 0 Å². The van der Waals surface area contributed by atoms with Gasteiger partial charge in [-0.1, -0.05) is 26.7 Å². The largest absolute Gasteiger partial charge is 0.300 e.